The summed E-state index contributed by atoms with van der Waals surface area (Å²) in [6.45, 7) is 2.22. The molecule has 15 heavy (non-hydrogen) atoms. The molecule has 0 saturated carbocycles. The highest BCUT2D eigenvalue weighted by atomic mass is 19.3. The van der Waals surface area contributed by atoms with Gasteiger partial charge in [0.1, 0.15) is 6.10 Å². The summed E-state index contributed by atoms with van der Waals surface area (Å²) in [5, 5.41) is 11.6. The number of nitrogens with one attached hydrogen (secondary N) is 1. The topological polar surface area (TPSA) is 45.2 Å². The van der Waals surface area contributed by atoms with E-state index in [1.165, 1.54) is 0 Å². The van der Waals surface area contributed by atoms with Crippen molar-refractivity contribution in [3.05, 3.63) is 29.6 Å². The Labute approximate surface area is 87.2 Å². The zero-order valence-corrected chi connectivity index (χ0v) is 8.45. The van der Waals surface area contributed by atoms with E-state index in [0.29, 0.717) is 6.54 Å². The number of rotatable bonds is 5. The third-order valence-electron chi connectivity index (χ3n) is 1.91. The number of alkyl halides is 2. The van der Waals surface area contributed by atoms with Crippen molar-refractivity contribution in [3.63, 3.8) is 0 Å². The molecule has 0 spiro atoms. The number of aliphatic hydroxyl groups is 1. The van der Waals surface area contributed by atoms with E-state index in [-0.39, 0.29) is 6.54 Å². The third-order valence-corrected chi connectivity index (χ3v) is 1.91. The highest BCUT2D eigenvalue weighted by molar-refractivity contribution is 5.16. The molecular formula is C10H14F2N2O. The molecule has 2 N–H and O–H groups in total. The van der Waals surface area contributed by atoms with Crippen LogP contribution in [0.5, 0.6) is 0 Å². The maximum Gasteiger partial charge on any atom is 0.265 e. The average molecular weight is 216 g/mol. The lowest BCUT2D eigenvalue weighted by molar-refractivity contribution is -0.00341. The van der Waals surface area contributed by atoms with Crippen LogP contribution in [0.1, 0.15) is 11.1 Å². The van der Waals surface area contributed by atoms with Crippen LogP contribution in [-0.2, 0) is 6.54 Å². The number of aliphatic hydroxyl groups excluding tert-OH is 1. The van der Waals surface area contributed by atoms with Gasteiger partial charge in [-0.15, -0.1) is 0 Å². The van der Waals surface area contributed by atoms with Crippen LogP contribution in [0.25, 0.3) is 0 Å². The second-order valence-electron chi connectivity index (χ2n) is 3.40. The van der Waals surface area contributed by atoms with Gasteiger partial charge in [0.05, 0.1) is 0 Å². The lowest BCUT2D eigenvalue weighted by atomic mass is 10.2. The van der Waals surface area contributed by atoms with E-state index in [4.69, 9.17) is 5.11 Å². The molecule has 1 rings (SSSR count). The molecule has 1 atom stereocenters. The monoisotopic (exact) mass is 216 g/mol. The smallest absolute Gasteiger partial charge is 0.265 e. The number of nitrogens with zero attached hydrogens (tertiary/aromatic N) is 1. The molecule has 1 aromatic heterocycles. The second kappa shape index (κ2) is 5.72. The van der Waals surface area contributed by atoms with E-state index in [1.54, 1.807) is 12.4 Å². The first-order chi connectivity index (χ1) is 7.09. The molecule has 0 amide bonds. The predicted octanol–water partition coefficient (Wildman–Crippen LogP) is 1.11. The Morgan fingerprint density at radius 3 is 2.80 bits per heavy atom. The summed E-state index contributed by atoms with van der Waals surface area (Å²) in [6, 6.07) is 1.91. The lowest BCUT2D eigenvalue weighted by Gasteiger charge is -2.10. The van der Waals surface area contributed by atoms with Gasteiger partial charge in [0.15, 0.2) is 0 Å². The average Bonchev–Trinajstić information content (AvgIpc) is 2.17. The van der Waals surface area contributed by atoms with Crippen molar-refractivity contribution in [1.82, 2.24) is 10.3 Å². The second-order valence-corrected chi connectivity index (χ2v) is 3.40. The van der Waals surface area contributed by atoms with Crippen LogP contribution in [0, 0.1) is 6.92 Å². The van der Waals surface area contributed by atoms with Crippen molar-refractivity contribution >= 4 is 0 Å². The molecule has 0 bridgehead atoms. The van der Waals surface area contributed by atoms with Gasteiger partial charge in [0, 0.05) is 25.5 Å². The highest BCUT2D eigenvalue weighted by Crippen LogP contribution is 2.02. The zero-order valence-electron chi connectivity index (χ0n) is 8.45. The number of hydrogen-bond acceptors (Lipinski definition) is 3. The first-order valence-corrected chi connectivity index (χ1v) is 4.67. The van der Waals surface area contributed by atoms with Gasteiger partial charge in [0.2, 0.25) is 0 Å². The van der Waals surface area contributed by atoms with E-state index in [2.05, 4.69) is 10.3 Å². The molecule has 0 radical (unpaired) electrons. The Morgan fingerprint density at radius 2 is 2.20 bits per heavy atom. The molecule has 0 aliphatic rings. The van der Waals surface area contributed by atoms with Crippen molar-refractivity contribution in [2.45, 2.75) is 26.0 Å². The van der Waals surface area contributed by atoms with Crippen LogP contribution in [-0.4, -0.2) is 29.2 Å². The van der Waals surface area contributed by atoms with E-state index in [1.807, 2.05) is 13.0 Å². The number of aromatic nitrogens is 1. The molecule has 1 aromatic rings. The number of pyridine rings is 1. The van der Waals surface area contributed by atoms with E-state index < -0.39 is 12.5 Å². The van der Waals surface area contributed by atoms with Crippen LogP contribution >= 0.6 is 0 Å². The number of hydrogen-bond donors (Lipinski definition) is 2. The van der Waals surface area contributed by atoms with Crippen LogP contribution < -0.4 is 5.32 Å². The van der Waals surface area contributed by atoms with E-state index in [0.717, 1.165) is 11.1 Å². The molecule has 5 heteroatoms. The van der Waals surface area contributed by atoms with Gasteiger partial charge in [-0.05, 0) is 18.1 Å². The fraction of sp³-hybridized carbons (Fsp3) is 0.500. The first kappa shape index (κ1) is 12.0. The number of halogens is 2. The van der Waals surface area contributed by atoms with Crippen LogP contribution in [0.4, 0.5) is 8.78 Å². The molecule has 0 aromatic carbocycles. The van der Waals surface area contributed by atoms with Gasteiger partial charge < -0.3 is 10.4 Å². The number of aryl methyl sites for hydroxylation is 1. The molecule has 0 aliphatic carbocycles. The van der Waals surface area contributed by atoms with Crippen molar-refractivity contribution in [3.8, 4) is 0 Å². The van der Waals surface area contributed by atoms with E-state index in [9.17, 15) is 8.78 Å². The fourth-order valence-corrected chi connectivity index (χ4v) is 1.17. The van der Waals surface area contributed by atoms with Gasteiger partial charge in [0.25, 0.3) is 6.43 Å². The Kier molecular flexibility index (Phi) is 4.58. The molecule has 84 valence electrons. The summed E-state index contributed by atoms with van der Waals surface area (Å²) in [5.41, 5.74) is 1.93. The minimum Gasteiger partial charge on any atom is -0.386 e. The summed E-state index contributed by atoms with van der Waals surface area (Å²) < 4.78 is 23.8. The van der Waals surface area contributed by atoms with Crippen LogP contribution in [0.15, 0.2) is 18.5 Å². The van der Waals surface area contributed by atoms with Crippen molar-refractivity contribution < 1.29 is 13.9 Å². The highest BCUT2D eigenvalue weighted by Gasteiger charge is 2.15. The molecule has 1 unspecified atom stereocenters. The molecule has 0 saturated heterocycles. The van der Waals surface area contributed by atoms with Gasteiger partial charge >= 0.3 is 0 Å². The molecule has 3 nitrogen and oxygen atoms in total. The summed E-state index contributed by atoms with van der Waals surface area (Å²) in [4.78, 5) is 3.97. The Bertz CT molecular complexity index is 307. The standard InChI is InChI=1S/C10H14F2N2O/c1-7-2-8(4-13-3-7)5-14-6-9(15)10(11)12/h2-4,9-10,14-15H,5-6H2,1H3. The molecule has 0 aliphatic heterocycles. The predicted molar refractivity (Wildman–Crippen MR) is 52.7 cm³/mol. The van der Waals surface area contributed by atoms with E-state index >= 15 is 0 Å². The maximum atomic E-state index is 11.9. The Hall–Kier alpha value is -1.07. The largest absolute Gasteiger partial charge is 0.386 e. The van der Waals surface area contributed by atoms with Crippen molar-refractivity contribution in [2.24, 2.45) is 0 Å². The summed E-state index contributed by atoms with van der Waals surface area (Å²) >= 11 is 0. The quantitative estimate of drug-likeness (QED) is 0.774. The molecular weight excluding hydrogens is 202 g/mol. The van der Waals surface area contributed by atoms with Crippen molar-refractivity contribution in [1.29, 1.82) is 0 Å². The minimum atomic E-state index is -2.70. The van der Waals surface area contributed by atoms with Crippen LogP contribution in [0.2, 0.25) is 0 Å². The lowest BCUT2D eigenvalue weighted by Crippen LogP contribution is -2.31. The Morgan fingerprint density at radius 1 is 1.47 bits per heavy atom. The maximum absolute atomic E-state index is 11.9. The van der Waals surface area contributed by atoms with Crippen molar-refractivity contribution in [2.75, 3.05) is 6.54 Å². The summed E-state index contributed by atoms with van der Waals surface area (Å²) in [5.74, 6) is 0. The summed E-state index contributed by atoms with van der Waals surface area (Å²) in [6.07, 6.45) is -0.928. The zero-order chi connectivity index (χ0) is 11.3. The fourth-order valence-electron chi connectivity index (χ4n) is 1.17. The SMILES string of the molecule is Cc1cncc(CNCC(O)C(F)F)c1. The van der Waals surface area contributed by atoms with Gasteiger partial charge in [-0.3, -0.25) is 4.98 Å². The van der Waals surface area contributed by atoms with Gasteiger partial charge in [-0.25, -0.2) is 8.78 Å². The third kappa shape index (κ3) is 4.31. The molecule has 0 fully saturated rings. The molecule has 1 heterocycles. The summed E-state index contributed by atoms with van der Waals surface area (Å²) in [7, 11) is 0. The van der Waals surface area contributed by atoms with Gasteiger partial charge in [-0.2, -0.15) is 0 Å². The van der Waals surface area contributed by atoms with Crippen LogP contribution in [0.3, 0.4) is 0 Å². The normalized spacial score (nSPS) is 13.1. The first-order valence-electron chi connectivity index (χ1n) is 4.67. The van der Waals surface area contributed by atoms with Gasteiger partial charge in [-0.1, -0.05) is 6.07 Å². The Balaban J connectivity index is 2.32. The minimum absolute atomic E-state index is 0.119.